The molecule has 0 bridgehead atoms. The molecule has 2 amide bonds. The molecule has 3 aromatic rings. The third-order valence-electron chi connectivity index (χ3n) is 4.75. The number of hydrogen-bond donors (Lipinski definition) is 2. The van der Waals surface area contributed by atoms with Crippen LogP contribution in [0.5, 0.6) is 11.5 Å². The van der Waals surface area contributed by atoms with Crippen molar-refractivity contribution in [2.24, 2.45) is 0 Å². The predicted molar refractivity (Wildman–Crippen MR) is 119 cm³/mol. The molecule has 0 saturated heterocycles. The Kier molecular flexibility index (Phi) is 6.57. The average molecular weight is 440 g/mol. The molecule has 0 saturated carbocycles. The van der Waals surface area contributed by atoms with E-state index in [2.05, 4.69) is 15.3 Å². The summed E-state index contributed by atoms with van der Waals surface area (Å²) >= 11 is 0. The van der Waals surface area contributed by atoms with E-state index in [1.54, 1.807) is 39.2 Å². The molecule has 32 heavy (non-hydrogen) atoms. The van der Waals surface area contributed by atoms with E-state index in [0.29, 0.717) is 23.1 Å². The lowest BCUT2D eigenvalue weighted by Gasteiger charge is -2.17. The van der Waals surface area contributed by atoms with Crippen LogP contribution in [0, 0.1) is 0 Å². The number of rotatable bonds is 7. The first kappa shape index (κ1) is 22.5. The van der Waals surface area contributed by atoms with Gasteiger partial charge in [-0.2, -0.15) is 0 Å². The Morgan fingerprint density at radius 1 is 1.19 bits per heavy atom. The topological polar surface area (TPSA) is 142 Å². The van der Waals surface area contributed by atoms with Crippen molar-refractivity contribution in [2.45, 2.75) is 13.5 Å². The number of nitrogens with two attached hydrogens (primary N) is 1. The number of ether oxygens (including phenoxy) is 2. The van der Waals surface area contributed by atoms with Crippen molar-refractivity contribution in [1.29, 1.82) is 0 Å². The predicted octanol–water partition coefficient (Wildman–Crippen LogP) is 1.12. The summed E-state index contributed by atoms with van der Waals surface area (Å²) in [5, 5.41) is 3.52. The second-order valence-corrected chi connectivity index (χ2v) is 7.00. The molecule has 0 aliphatic carbocycles. The second kappa shape index (κ2) is 9.33. The van der Waals surface area contributed by atoms with Gasteiger partial charge < -0.3 is 25.4 Å². The van der Waals surface area contributed by atoms with Gasteiger partial charge in [0.05, 0.1) is 18.1 Å². The van der Waals surface area contributed by atoms with Gasteiger partial charge in [0.15, 0.2) is 18.1 Å². The number of anilines is 2. The van der Waals surface area contributed by atoms with Crippen LogP contribution in [-0.2, 0) is 11.3 Å². The standard InChI is InChI=1S/C21H24N6O5/c1-5-27-16(25-19(29)12-9-23-21(22)24-10-12)8-14-13(20(27)30)6-7-15(18(14)31-4)32-11-17(28)26(2)3/h6-10H,5,11H2,1-4H3,(H,25,29)(H2,22,23,24). The van der Waals surface area contributed by atoms with Gasteiger partial charge in [-0.3, -0.25) is 19.0 Å². The maximum atomic E-state index is 13.1. The van der Waals surface area contributed by atoms with Gasteiger partial charge in [-0.25, -0.2) is 9.97 Å². The highest BCUT2D eigenvalue weighted by molar-refractivity contribution is 6.04. The molecular weight excluding hydrogens is 416 g/mol. The SMILES string of the molecule is CCn1c(NC(=O)c2cnc(N)nc2)cc2c(OC)c(OCC(=O)N(C)C)ccc2c1=O. The Morgan fingerprint density at radius 2 is 1.88 bits per heavy atom. The van der Waals surface area contributed by atoms with Gasteiger partial charge in [0, 0.05) is 38.4 Å². The summed E-state index contributed by atoms with van der Waals surface area (Å²) in [7, 11) is 4.68. The Morgan fingerprint density at radius 3 is 2.47 bits per heavy atom. The average Bonchev–Trinajstić information content (AvgIpc) is 2.77. The van der Waals surface area contributed by atoms with Gasteiger partial charge in [-0.05, 0) is 25.1 Å². The number of nitrogens with one attached hydrogen (secondary N) is 1. The van der Waals surface area contributed by atoms with E-state index in [1.165, 1.54) is 29.0 Å². The Hall–Kier alpha value is -4.15. The zero-order chi connectivity index (χ0) is 23.4. The van der Waals surface area contributed by atoms with E-state index in [1.807, 2.05) is 0 Å². The van der Waals surface area contributed by atoms with Crippen LogP contribution in [0.2, 0.25) is 0 Å². The number of fused-ring (bicyclic) bond motifs is 1. The number of benzene rings is 1. The van der Waals surface area contributed by atoms with Crippen molar-refractivity contribution in [3.05, 3.63) is 46.5 Å². The number of nitrogen functional groups attached to an aromatic ring is 1. The van der Waals surface area contributed by atoms with Gasteiger partial charge in [0.2, 0.25) is 5.95 Å². The van der Waals surface area contributed by atoms with Gasteiger partial charge in [0.25, 0.3) is 17.4 Å². The quantitative estimate of drug-likeness (QED) is 0.557. The van der Waals surface area contributed by atoms with Crippen LogP contribution in [-0.4, -0.2) is 59.1 Å². The van der Waals surface area contributed by atoms with Crippen LogP contribution < -0.4 is 26.1 Å². The molecular formula is C21H24N6O5. The highest BCUT2D eigenvalue weighted by atomic mass is 16.5. The maximum absolute atomic E-state index is 13.1. The van der Waals surface area contributed by atoms with Crippen LogP contribution >= 0.6 is 0 Å². The molecule has 0 aliphatic rings. The van der Waals surface area contributed by atoms with E-state index in [4.69, 9.17) is 15.2 Å². The summed E-state index contributed by atoms with van der Waals surface area (Å²) in [6.07, 6.45) is 2.59. The van der Waals surface area contributed by atoms with Crippen LogP contribution in [0.4, 0.5) is 11.8 Å². The molecule has 0 unspecified atom stereocenters. The molecule has 3 N–H and O–H groups in total. The molecule has 11 heteroatoms. The van der Waals surface area contributed by atoms with Crippen LogP contribution in [0.25, 0.3) is 10.8 Å². The van der Waals surface area contributed by atoms with Crippen molar-refractivity contribution in [3.63, 3.8) is 0 Å². The Balaban J connectivity index is 2.06. The van der Waals surface area contributed by atoms with E-state index in [-0.39, 0.29) is 41.2 Å². The first-order valence-corrected chi connectivity index (χ1v) is 9.73. The fourth-order valence-electron chi connectivity index (χ4n) is 3.03. The van der Waals surface area contributed by atoms with Crippen LogP contribution in [0.15, 0.2) is 35.4 Å². The van der Waals surface area contributed by atoms with E-state index in [9.17, 15) is 14.4 Å². The summed E-state index contributed by atoms with van der Waals surface area (Å²) in [5.74, 6) is 0.143. The second-order valence-electron chi connectivity index (χ2n) is 7.00. The summed E-state index contributed by atoms with van der Waals surface area (Å²) < 4.78 is 12.5. The molecule has 11 nitrogen and oxygen atoms in total. The molecule has 2 aromatic heterocycles. The molecule has 2 heterocycles. The number of hydrogen-bond acceptors (Lipinski definition) is 8. The first-order valence-electron chi connectivity index (χ1n) is 9.73. The molecule has 0 aliphatic heterocycles. The minimum atomic E-state index is -0.506. The number of likely N-dealkylation sites (N-methyl/N-ethyl adjacent to an activating group) is 1. The Bertz CT molecular complexity index is 1220. The highest BCUT2D eigenvalue weighted by Gasteiger charge is 2.18. The van der Waals surface area contributed by atoms with Gasteiger partial charge >= 0.3 is 0 Å². The van der Waals surface area contributed by atoms with Crippen molar-refractivity contribution < 1.29 is 19.1 Å². The highest BCUT2D eigenvalue weighted by Crippen LogP contribution is 2.35. The lowest BCUT2D eigenvalue weighted by atomic mass is 10.1. The lowest BCUT2D eigenvalue weighted by Crippen LogP contribution is -2.27. The Labute approximate surface area is 183 Å². The number of carbonyl (C=O) groups is 2. The summed E-state index contributed by atoms with van der Waals surface area (Å²) in [5.41, 5.74) is 5.33. The third-order valence-corrected chi connectivity index (χ3v) is 4.75. The van der Waals surface area contributed by atoms with Gasteiger partial charge in [-0.15, -0.1) is 0 Å². The number of nitrogens with zero attached hydrogens (tertiary/aromatic N) is 4. The van der Waals surface area contributed by atoms with Gasteiger partial charge in [0.1, 0.15) is 5.82 Å². The van der Waals surface area contributed by atoms with E-state index < -0.39 is 5.91 Å². The van der Waals surface area contributed by atoms with Crippen molar-refractivity contribution in [1.82, 2.24) is 19.4 Å². The zero-order valence-corrected chi connectivity index (χ0v) is 18.2. The summed E-state index contributed by atoms with van der Waals surface area (Å²) in [6.45, 7) is 1.92. The van der Waals surface area contributed by atoms with E-state index >= 15 is 0 Å². The van der Waals surface area contributed by atoms with Crippen LogP contribution in [0.1, 0.15) is 17.3 Å². The molecule has 1 aromatic carbocycles. The largest absolute Gasteiger partial charge is 0.492 e. The monoisotopic (exact) mass is 440 g/mol. The number of amides is 2. The zero-order valence-electron chi connectivity index (χ0n) is 18.2. The minimum absolute atomic E-state index is 0.0442. The normalized spacial score (nSPS) is 10.6. The smallest absolute Gasteiger partial charge is 0.260 e. The van der Waals surface area contributed by atoms with Gasteiger partial charge in [-0.1, -0.05) is 0 Å². The number of aromatic nitrogens is 3. The van der Waals surface area contributed by atoms with Crippen molar-refractivity contribution >= 4 is 34.4 Å². The molecule has 0 atom stereocenters. The third kappa shape index (κ3) is 4.46. The number of carbonyl (C=O) groups excluding carboxylic acids is 2. The summed E-state index contributed by atoms with van der Waals surface area (Å²) in [6, 6.07) is 4.80. The number of pyridine rings is 1. The maximum Gasteiger partial charge on any atom is 0.260 e. The van der Waals surface area contributed by atoms with Crippen LogP contribution in [0.3, 0.4) is 0 Å². The summed E-state index contributed by atoms with van der Waals surface area (Å²) in [4.78, 5) is 46.7. The molecule has 168 valence electrons. The van der Waals surface area contributed by atoms with Crippen molar-refractivity contribution in [2.75, 3.05) is 38.9 Å². The number of methoxy groups -OCH3 is 1. The van der Waals surface area contributed by atoms with Crippen molar-refractivity contribution in [3.8, 4) is 11.5 Å². The molecule has 3 rings (SSSR count). The molecule has 0 spiro atoms. The van der Waals surface area contributed by atoms with E-state index in [0.717, 1.165) is 0 Å². The fraction of sp³-hybridized carbons (Fsp3) is 0.286. The lowest BCUT2D eigenvalue weighted by molar-refractivity contribution is -0.130. The molecule has 0 fully saturated rings. The first-order chi connectivity index (χ1) is 15.3. The minimum Gasteiger partial charge on any atom is -0.492 e. The molecule has 0 radical (unpaired) electrons. The fourth-order valence-corrected chi connectivity index (χ4v) is 3.03.